The second-order valence-electron chi connectivity index (χ2n) is 7.36. The molecule has 0 saturated carbocycles. The Balaban J connectivity index is 2.77. The van der Waals surface area contributed by atoms with Crippen LogP contribution in [0.25, 0.3) is 0 Å². The Morgan fingerprint density at radius 1 is 1.18 bits per heavy atom. The van der Waals surface area contributed by atoms with Crippen molar-refractivity contribution in [2.45, 2.75) is 46.6 Å². The predicted octanol–water partition coefficient (Wildman–Crippen LogP) is 2.50. The molecule has 0 unspecified atom stereocenters. The van der Waals surface area contributed by atoms with Gasteiger partial charge in [-0.1, -0.05) is 26.8 Å². The summed E-state index contributed by atoms with van der Waals surface area (Å²) < 4.78 is 5.21. The Labute approximate surface area is 132 Å². The zero-order valence-corrected chi connectivity index (χ0v) is 14.0. The van der Waals surface area contributed by atoms with Gasteiger partial charge < -0.3 is 15.8 Å². The van der Waals surface area contributed by atoms with E-state index in [1.807, 2.05) is 13.8 Å². The van der Waals surface area contributed by atoms with Gasteiger partial charge in [0.15, 0.2) is 6.61 Å². The number of benzene rings is 1. The van der Waals surface area contributed by atoms with Crippen molar-refractivity contribution in [1.29, 1.82) is 0 Å². The molecule has 0 fully saturated rings. The van der Waals surface area contributed by atoms with Crippen LogP contribution >= 0.6 is 0 Å². The van der Waals surface area contributed by atoms with E-state index in [9.17, 15) is 9.59 Å². The first kappa shape index (κ1) is 18.0. The normalized spacial score (nSPS) is 11.9. The highest BCUT2D eigenvalue weighted by Crippen LogP contribution is 2.27. The largest absolute Gasteiger partial charge is 0.484 e. The van der Waals surface area contributed by atoms with Crippen molar-refractivity contribution < 1.29 is 14.3 Å². The maximum absolute atomic E-state index is 12.4. The van der Waals surface area contributed by atoms with E-state index in [0.717, 1.165) is 6.42 Å². The first-order valence-corrected chi connectivity index (χ1v) is 7.32. The molecule has 0 aliphatic carbocycles. The minimum Gasteiger partial charge on any atom is -0.484 e. The molecule has 0 spiro atoms. The smallest absolute Gasteiger partial charge is 0.255 e. The summed E-state index contributed by atoms with van der Waals surface area (Å²) in [5.74, 6) is -0.278. The Bertz CT molecular complexity index is 545. The lowest BCUT2D eigenvalue weighted by Gasteiger charge is -2.33. The van der Waals surface area contributed by atoms with Gasteiger partial charge in [0.2, 0.25) is 0 Å². The molecule has 1 rings (SSSR count). The standard InChI is InChI=1S/C17H26N2O3/c1-16(2,3)11-17(4,5)19-15(21)12-7-6-8-13(9-12)22-10-14(18)20/h6-9H,10-11H2,1-5H3,(H2,18,20)(H,19,21). The van der Waals surface area contributed by atoms with Crippen LogP contribution in [0.5, 0.6) is 5.75 Å². The first-order chi connectivity index (χ1) is 9.98. The minimum atomic E-state index is -0.554. The van der Waals surface area contributed by atoms with Gasteiger partial charge in [0.1, 0.15) is 5.75 Å². The van der Waals surface area contributed by atoms with Crippen molar-refractivity contribution in [2.75, 3.05) is 6.61 Å². The molecule has 3 N–H and O–H groups in total. The Kier molecular flexibility index (Phi) is 5.58. The number of nitrogens with two attached hydrogens (primary N) is 1. The average molecular weight is 306 g/mol. The molecule has 0 radical (unpaired) electrons. The number of amides is 2. The third-order valence-corrected chi connectivity index (χ3v) is 2.90. The summed E-state index contributed by atoms with van der Waals surface area (Å²) in [5, 5.41) is 3.04. The molecule has 1 aromatic carbocycles. The van der Waals surface area contributed by atoms with Gasteiger partial charge in [0, 0.05) is 11.1 Å². The quantitative estimate of drug-likeness (QED) is 0.847. The molecular weight excluding hydrogens is 280 g/mol. The molecule has 122 valence electrons. The molecule has 0 aliphatic heterocycles. The summed E-state index contributed by atoms with van der Waals surface area (Å²) in [7, 11) is 0. The molecule has 0 saturated heterocycles. The van der Waals surface area contributed by atoms with Crippen molar-refractivity contribution in [3.05, 3.63) is 29.8 Å². The molecule has 5 nitrogen and oxygen atoms in total. The van der Waals surface area contributed by atoms with Gasteiger partial charge >= 0.3 is 0 Å². The van der Waals surface area contributed by atoms with Crippen LogP contribution < -0.4 is 15.8 Å². The number of primary amides is 1. The van der Waals surface area contributed by atoms with Crippen molar-refractivity contribution >= 4 is 11.8 Å². The van der Waals surface area contributed by atoms with Gasteiger partial charge in [-0.15, -0.1) is 0 Å². The van der Waals surface area contributed by atoms with Gasteiger partial charge in [-0.25, -0.2) is 0 Å². The van der Waals surface area contributed by atoms with Gasteiger partial charge in [-0.05, 0) is 43.9 Å². The lowest BCUT2D eigenvalue weighted by atomic mass is 9.81. The second kappa shape index (κ2) is 6.81. The van der Waals surface area contributed by atoms with E-state index in [0.29, 0.717) is 11.3 Å². The Hall–Kier alpha value is -2.04. The van der Waals surface area contributed by atoms with E-state index in [1.54, 1.807) is 24.3 Å². The highest BCUT2D eigenvalue weighted by molar-refractivity contribution is 5.95. The van der Waals surface area contributed by atoms with Gasteiger partial charge in [-0.3, -0.25) is 9.59 Å². The third-order valence-electron chi connectivity index (χ3n) is 2.90. The lowest BCUT2D eigenvalue weighted by molar-refractivity contribution is -0.119. The average Bonchev–Trinajstić information content (AvgIpc) is 2.33. The fourth-order valence-corrected chi connectivity index (χ4v) is 2.63. The van der Waals surface area contributed by atoms with E-state index in [2.05, 4.69) is 26.1 Å². The van der Waals surface area contributed by atoms with E-state index in [4.69, 9.17) is 10.5 Å². The summed E-state index contributed by atoms with van der Waals surface area (Å²) >= 11 is 0. The molecule has 0 aliphatic rings. The minimum absolute atomic E-state index is 0.114. The maximum Gasteiger partial charge on any atom is 0.255 e. The molecule has 22 heavy (non-hydrogen) atoms. The molecule has 1 aromatic rings. The van der Waals surface area contributed by atoms with Gasteiger partial charge in [-0.2, -0.15) is 0 Å². The zero-order chi connectivity index (χ0) is 17.0. The number of carbonyl (C=O) groups is 2. The Morgan fingerprint density at radius 2 is 1.82 bits per heavy atom. The van der Waals surface area contributed by atoms with Crippen LogP contribution in [0.3, 0.4) is 0 Å². The van der Waals surface area contributed by atoms with Crippen molar-refractivity contribution in [2.24, 2.45) is 11.1 Å². The molecule has 2 amide bonds. The number of hydrogen-bond acceptors (Lipinski definition) is 3. The van der Waals surface area contributed by atoms with Crippen LogP contribution in [0.15, 0.2) is 24.3 Å². The zero-order valence-electron chi connectivity index (χ0n) is 14.0. The van der Waals surface area contributed by atoms with Crippen LogP contribution in [-0.4, -0.2) is 24.0 Å². The molecule has 0 heterocycles. The van der Waals surface area contributed by atoms with Crippen LogP contribution in [-0.2, 0) is 4.79 Å². The SMILES string of the molecule is CC(C)(C)CC(C)(C)NC(=O)c1cccc(OCC(N)=O)c1. The first-order valence-electron chi connectivity index (χ1n) is 7.32. The van der Waals surface area contributed by atoms with E-state index in [-0.39, 0.29) is 23.5 Å². The summed E-state index contributed by atoms with van der Waals surface area (Å²) in [6.07, 6.45) is 0.851. The van der Waals surface area contributed by atoms with Crippen LogP contribution in [0, 0.1) is 5.41 Å². The van der Waals surface area contributed by atoms with E-state index in [1.165, 1.54) is 0 Å². The van der Waals surface area contributed by atoms with Crippen LogP contribution in [0.1, 0.15) is 51.4 Å². The molecule has 0 aromatic heterocycles. The number of ether oxygens (including phenoxy) is 1. The van der Waals surface area contributed by atoms with Gasteiger partial charge in [0.05, 0.1) is 0 Å². The molecular formula is C17H26N2O3. The topological polar surface area (TPSA) is 81.4 Å². The van der Waals surface area contributed by atoms with Gasteiger partial charge in [0.25, 0.3) is 11.8 Å². The van der Waals surface area contributed by atoms with Crippen molar-refractivity contribution in [1.82, 2.24) is 5.32 Å². The fraction of sp³-hybridized carbons (Fsp3) is 0.529. The summed E-state index contributed by atoms with van der Waals surface area (Å²) in [5.41, 5.74) is 5.32. The summed E-state index contributed by atoms with van der Waals surface area (Å²) in [4.78, 5) is 23.1. The highest BCUT2D eigenvalue weighted by atomic mass is 16.5. The van der Waals surface area contributed by atoms with Crippen LogP contribution in [0.2, 0.25) is 0 Å². The number of carbonyl (C=O) groups excluding carboxylic acids is 2. The van der Waals surface area contributed by atoms with E-state index < -0.39 is 5.91 Å². The van der Waals surface area contributed by atoms with Crippen molar-refractivity contribution in [3.8, 4) is 5.75 Å². The molecule has 0 bridgehead atoms. The number of hydrogen-bond donors (Lipinski definition) is 2. The highest BCUT2D eigenvalue weighted by Gasteiger charge is 2.27. The molecule has 0 atom stereocenters. The maximum atomic E-state index is 12.4. The van der Waals surface area contributed by atoms with E-state index >= 15 is 0 Å². The molecule has 5 heteroatoms. The van der Waals surface area contributed by atoms with Crippen LogP contribution in [0.4, 0.5) is 0 Å². The monoisotopic (exact) mass is 306 g/mol. The second-order valence-corrected chi connectivity index (χ2v) is 7.36. The summed E-state index contributed by atoms with van der Waals surface area (Å²) in [6.45, 7) is 10.2. The number of rotatable bonds is 6. The number of nitrogens with one attached hydrogen (secondary N) is 1. The lowest BCUT2D eigenvalue weighted by Crippen LogP contribution is -2.45. The fourth-order valence-electron chi connectivity index (χ4n) is 2.63. The summed E-state index contributed by atoms with van der Waals surface area (Å²) in [6, 6.07) is 6.70. The predicted molar refractivity (Wildman–Crippen MR) is 86.7 cm³/mol. The third kappa shape index (κ3) is 6.61. The Morgan fingerprint density at radius 3 is 2.36 bits per heavy atom. The van der Waals surface area contributed by atoms with Crippen molar-refractivity contribution in [3.63, 3.8) is 0 Å².